The highest BCUT2D eigenvalue weighted by Crippen LogP contribution is 2.54. The molecule has 1 amide bonds. The minimum Gasteiger partial charge on any atom is -0.370 e. The summed E-state index contributed by atoms with van der Waals surface area (Å²) in [5.41, 5.74) is 4.83. The molecule has 2 fully saturated rings. The maximum Gasteiger partial charge on any atom is 0.253 e. The van der Waals surface area contributed by atoms with Gasteiger partial charge in [0.1, 0.15) is 12.4 Å². The molecule has 1 spiro atoms. The summed E-state index contributed by atoms with van der Waals surface area (Å²) in [5, 5.41) is 3.42. The van der Waals surface area contributed by atoms with Crippen molar-refractivity contribution in [2.45, 2.75) is 18.3 Å². The number of amides is 1. The molecule has 2 aliphatic heterocycles. The predicted molar refractivity (Wildman–Crippen MR) is 92.2 cm³/mol. The summed E-state index contributed by atoms with van der Waals surface area (Å²) >= 11 is 0. The van der Waals surface area contributed by atoms with Crippen LogP contribution in [0.15, 0.2) is 36.5 Å². The molecule has 1 N–H and O–H groups in total. The van der Waals surface area contributed by atoms with E-state index in [0.717, 1.165) is 29.2 Å². The molecule has 1 aliphatic carbocycles. The van der Waals surface area contributed by atoms with Gasteiger partial charge in [0, 0.05) is 41.5 Å². The molecule has 5 heteroatoms. The lowest BCUT2D eigenvalue weighted by atomic mass is 9.96. The number of carbonyl (C=O) groups excluding carboxylic acids is 1. The van der Waals surface area contributed by atoms with E-state index in [9.17, 15) is 4.79 Å². The van der Waals surface area contributed by atoms with Crippen LogP contribution in [0.25, 0.3) is 11.1 Å². The van der Waals surface area contributed by atoms with Crippen LogP contribution in [0.4, 0.5) is 11.5 Å². The van der Waals surface area contributed by atoms with Gasteiger partial charge in [0.05, 0.1) is 6.61 Å². The molecule has 0 radical (unpaired) electrons. The first-order valence-electron chi connectivity index (χ1n) is 8.48. The van der Waals surface area contributed by atoms with Gasteiger partial charge in [-0.15, -0.1) is 0 Å². The van der Waals surface area contributed by atoms with Crippen LogP contribution in [-0.2, 0) is 14.9 Å². The summed E-state index contributed by atoms with van der Waals surface area (Å²) in [6.45, 7) is 2.38. The standard InChI is InChI=1S/C19H19N3O2/c23-17-11-24-7-6-22(17)15-3-1-2-13(8-15)14-9-16-18(20-10-14)21-12-19(16)4-5-19/h1-3,8-10H,4-7,11-12H2,(H,20,21). The molecule has 0 atom stereocenters. The molecule has 3 aliphatic rings. The van der Waals surface area contributed by atoms with Crippen molar-refractivity contribution < 1.29 is 9.53 Å². The van der Waals surface area contributed by atoms with Crippen molar-refractivity contribution >= 4 is 17.4 Å². The van der Waals surface area contributed by atoms with Gasteiger partial charge in [0.2, 0.25) is 0 Å². The Kier molecular flexibility index (Phi) is 2.94. The number of anilines is 2. The lowest BCUT2D eigenvalue weighted by molar-refractivity contribution is -0.125. The number of carbonyl (C=O) groups is 1. The van der Waals surface area contributed by atoms with Crippen LogP contribution in [0.1, 0.15) is 18.4 Å². The lowest BCUT2D eigenvalue weighted by Crippen LogP contribution is -2.41. The molecule has 1 saturated carbocycles. The third kappa shape index (κ3) is 2.12. The van der Waals surface area contributed by atoms with E-state index in [2.05, 4.69) is 28.5 Å². The Bertz CT molecular complexity index is 829. The minimum absolute atomic E-state index is 0.0200. The number of hydrogen-bond acceptors (Lipinski definition) is 4. The topological polar surface area (TPSA) is 54.5 Å². The van der Waals surface area contributed by atoms with Crippen LogP contribution in [0.3, 0.4) is 0 Å². The van der Waals surface area contributed by atoms with Crippen LogP contribution in [0.5, 0.6) is 0 Å². The van der Waals surface area contributed by atoms with Crippen molar-refractivity contribution in [3.63, 3.8) is 0 Å². The summed E-state index contributed by atoms with van der Waals surface area (Å²) in [7, 11) is 0. The zero-order valence-corrected chi connectivity index (χ0v) is 13.4. The fourth-order valence-electron chi connectivity index (χ4n) is 3.76. The van der Waals surface area contributed by atoms with Gasteiger partial charge in [-0.05, 0) is 36.6 Å². The van der Waals surface area contributed by atoms with Gasteiger partial charge in [-0.25, -0.2) is 4.98 Å². The van der Waals surface area contributed by atoms with Crippen molar-refractivity contribution in [2.75, 3.05) is 36.5 Å². The van der Waals surface area contributed by atoms with Crippen LogP contribution < -0.4 is 10.2 Å². The van der Waals surface area contributed by atoms with E-state index in [1.54, 1.807) is 4.90 Å². The van der Waals surface area contributed by atoms with Gasteiger partial charge >= 0.3 is 0 Å². The minimum atomic E-state index is 0.0200. The molecule has 5 rings (SSSR count). The molecule has 0 bridgehead atoms. The first kappa shape index (κ1) is 14.0. The summed E-state index contributed by atoms with van der Waals surface area (Å²) < 4.78 is 5.22. The third-order valence-electron chi connectivity index (χ3n) is 5.38. The van der Waals surface area contributed by atoms with E-state index in [1.165, 1.54) is 18.4 Å². The van der Waals surface area contributed by atoms with Crippen LogP contribution in [-0.4, -0.2) is 37.2 Å². The average Bonchev–Trinajstić information content (AvgIpc) is 3.32. The number of rotatable bonds is 2. The first-order valence-corrected chi connectivity index (χ1v) is 8.48. The fraction of sp³-hybridized carbons (Fsp3) is 0.368. The highest BCUT2D eigenvalue weighted by Gasteiger charge is 2.49. The summed E-state index contributed by atoms with van der Waals surface area (Å²) in [4.78, 5) is 18.5. The monoisotopic (exact) mass is 321 g/mol. The van der Waals surface area contributed by atoms with Crippen molar-refractivity contribution in [3.8, 4) is 11.1 Å². The van der Waals surface area contributed by atoms with E-state index in [-0.39, 0.29) is 12.5 Å². The molecule has 3 heterocycles. The average molecular weight is 321 g/mol. The SMILES string of the molecule is O=C1COCCN1c1cccc(-c2cnc3c(c2)C2(CC2)CN3)c1. The number of pyridine rings is 1. The van der Waals surface area contributed by atoms with Gasteiger partial charge in [-0.1, -0.05) is 12.1 Å². The van der Waals surface area contributed by atoms with Crippen LogP contribution in [0.2, 0.25) is 0 Å². The molecule has 1 aromatic heterocycles. The molecular formula is C19H19N3O2. The molecule has 122 valence electrons. The number of ether oxygens (including phenoxy) is 1. The van der Waals surface area contributed by atoms with E-state index in [1.807, 2.05) is 18.3 Å². The summed E-state index contributed by atoms with van der Waals surface area (Å²) in [6.07, 6.45) is 4.42. The Morgan fingerprint density at radius 2 is 2.12 bits per heavy atom. The summed E-state index contributed by atoms with van der Waals surface area (Å²) in [6, 6.07) is 10.4. The van der Waals surface area contributed by atoms with Gasteiger partial charge in [-0.2, -0.15) is 0 Å². The lowest BCUT2D eigenvalue weighted by Gasteiger charge is -2.27. The number of aromatic nitrogens is 1. The van der Waals surface area contributed by atoms with Gasteiger partial charge in [0.25, 0.3) is 5.91 Å². The Morgan fingerprint density at radius 1 is 1.21 bits per heavy atom. The molecular weight excluding hydrogens is 302 g/mol. The second-order valence-corrected chi connectivity index (χ2v) is 6.90. The quantitative estimate of drug-likeness (QED) is 0.924. The first-order chi connectivity index (χ1) is 11.8. The van der Waals surface area contributed by atoms with Crippen LogP contribution >= 0.6 is 0 Å². The maximum absolute atomic E-state index is 12.1. The number of benzene rings is 1. The smallest absolute Gasteiger partial charge is 0.253 e. The zero-order chi connectivity index (χ0) is 16.1. The van der Waals surface area contributed by atoms with Crippen molar-refractivity contribution in [1.29, 1.82) is 0 Å². The number of hydrogen-bond donors (Lipinski definition) is 1. The second kappa shape index (κ2) is 5.05. The van der Waals surface area contributed by atoms with Crippen LogP contribution in [0, 0.1) is 0 Å². The highest BCUT2D eigenvalue weighted by atomic mass is 16.5. The molecule has 24 heavy (non-hydrogen) atoms. The van der Waals surface area contributed by atoms with Gasteiger partial charge < -0.3 is 15.0 Å². The van der Waals surface area contributed by atoms with E-state index < -0.39 is 0 Å². The number of nitrogens with one attached hydrogen (secondary N) is 1. The Hall–Kier alpha value is -2.40. The Labute approximate surface area is 140 Å². The van der Waals surface area contributed by atoms with Crippen molar-refractivity contribution in [3.05, 3.63) is 42.1 Å². The zero-order valence-electron chi connectivity index (χ0n) is 13.4. The Balaban J connectivity index is 1.52. The normalized spacial score (nSPS) is 20.8. The predicted octanol–water partition coefficient (Wildman–Crippen LogP) is 2.57. The van der Waals surface area contributed by atoms with Crippen molar-refractivity contribution in [2.24, 2.45) is 0 Å². The molecule has 1 aromatic carbocycles. The number of morpholine rings is 1. The highest BCUT2D eigenvalue weighted by molar-refractivity contribution is 5.95. The maximum atomic E-state index is 12.1. The van der Waals surface area contributed by atoms with E-state index in [0.29, 0.717) is 18.6 Å². The molecule has 5 nitrogen and oxygen atoms in total. The molecule has 0 unspecified atom stereocenters. The fourth-order valence-corrected chi connectivity index (χ4v) is 3.76. The summed E-state index contributed by atoms with van der Waals surface area (Å²) in [5.74, 6) is 1.06. The molecule has 1 saturated heterocycles. The molecule has 2 aromatic rings. The number of nitrogens with zero attached hydrogens (tertiary/aromatic N) is 2. The Morgan fingerprint density at radius 3 is 2.96 bits per heavy atom. The number of fused-ring (bicyclic) bond motifs is 2. The van der Waals surface area contributed by atoms with E-state index in [4.69, 9.17) is 4.74 Å². The van der Waals surface area contributed by atoms with E-state index >= 15 is 0 Å². The van der Waals surface area contributed by atoms with Gasteiger partial charge in [0.15, 0.2) is 0 Å². The largest absolute Gasteiger partial charge is 0.370 e. The van der Waals surface area contributed by atoms with Crippen molar-refractivity contribution in [1.82, 2.24) is 4.98 Å². The third-order valence-corrected chi connectivity index (χ3v) is 5.38. The van der Waals surface area contributed by atoms with Gasteiger partial charge in [-0.3, -0.25) is 4.79 Å². The second-order valence-electron chi connectivity index (χ2n) is 6.90.